The Bertz CT molecular complexity index is 609. The minimum Gasteiger partial charge on any atom is -0.486 e. The average molecular weight is 274 g/mol. The first-order chi connectivity index (χ1) is 9.65. The van der Waals surface area contributed by atoms with Crippen LogP contribution in [0.15, 0.2) is 24.3 Å². The van der Waals surface area contributed by atoms with Gasteiger partial charge in [-0.25, -0.2) is 4.68 Å². The van der Waals surface area contributed by atoms with Crippen molar-refractivity contribution in [2.75, 3.05) is 12.3 Å². The standard InChI is InChI=1S/C14H18N4O2/c1-9(2)13-14(15)16-17-18(13)7-10-8-19-11-5-3-4-6-12(11)20-10/h3-6,9-10H,7-8,15H2,1-2H3. The number of hydrogen-bond donors (Lipinski definition) is 1. The molecular formula is C14H18N4O2. The van der Waals surface area contributed by atoms with Crippen molar-refractivity contribution in [1.29, 1.82) is 0 Å². The van der Waals surface area contributed by atoms with Crippen LogP contribution in [0.3, 0.4) is 0 Å². The van der Waals surface area contributed by atoms with Crippen LogP contribution in [0.4, 0.5) is 5.82 Å². The molecule has 2 aromatic rings. The Morgan fingerprint density at radius 2 is 2.10 bits per heavy atom. The predicted octanol–water partition coefficient (Wildman–Crippen LogP) is 1.82. The van der Waals surface area contributed by atoms with Gasteiger partial charge in [-0.1, -0.05) is 31.2 Å². The first-order valence-corrected chi connectivity index (χ1v) is 6.72. The molecule has 0 aliphatic carbocycles. The van der Waals surface area contributed by atoms with Gasteiger partial charge in [0.25, 0.3) is 0 Å². The second kappa shape index (κ2) is 5.03. The molecule has 1 aromatic heterocycles. The van der Waals surface area contributed by atoms with Crippen molar-refractivity contribution in [3.63, 3.8) is 0 Å². The van der Waals surface area contributed by atoms with E-state index in [1.807, 2.05) is 28.9 Å². The molecule has 20 heavy (non-hydrogen) atoms. The fourth-order valence-electron chi connectivity index (χ4n) is 2.41. The number of fused-ring (bicyclic) bond motifs is 1. The first kappa shape index (κ1) is 12.8. The number of nitrogens with zero attached hydrogens (tertiary/aromatic N) is 3. The first-order valence-electron chi connectivity index (χ1n) is 6.72. The van der Waals surface area contributed by atoms with E-state index in [1.165, 1.54) is 0 Å². The van der Waals surface area contributed by atoms with Crippen LogP contribution < -0.4 is 15.2 Å². The molecule has 0 radical (unpaired) electrons. The summed E-state index contributed by atoms with van der Waals surface area (Å²) in [4.78, 5) is 0. The molecule has 2 N–H and O–H groups in total. The lowest BCUT2D eigenvalue weighted by atomic mass is 10.1. The van der Waals surface area contributed by atoms with Gasteiger partial charge in [0.2, 0.25) is 0 Å². The number of ether oxygens (including phenoxy) is 2. The van der Waals surface area contributed by atoms with E-state index in [4.69, 9.17) is 15.2 Å². The zero-order chi connectivity index (χ0) is 14.1. The zero-order valence-electron chi connectivity index (χ0n) is 11.6. The molecule has 0 fully saturated rings. The Morgan fingerprint density at radius 3 is 2.85 bits per heavy atom. The van der Waals surface area contributed by atoms with Gasteiger partial charge >= 0.3 is 0 Å². The van der Waals surface area contributed by atoms with E-state index < -0.39 is 0 Å². The summed E-state index contributed by atoms with van der Waals surface area (Å²) in [6.45, 7) is 5.21. The molecule has 0 saturated carbocycles. The highest BCUT2D eigenvalue weighted by molar-refractivity contribution is 5.40. The van der Waals surface area contributed by atoms with Crippen molar-refractivity contribution in [3.8, 4) is 11.5 Å². The van der Waals surface area contributed by atoms with Crippen LogP contribution in [-0.2, 0) is 6.54 Å². The summed E-state index contributed by atoms with van der Waals surface area (Å²) in [6, 6.07) is 7.66. The third-order valence-corrected chi connectivity index (χ3v) is 3.29. The van der Waals surface area contributed by atoms with Gasteiger partial charge in [0.1, 0.15) is 6.61 Å². The number of aromatic nitrogens is 3. The summed E-state index contributed by atoms with van der Waals surface area (Å²) in [6.07, 6.45) is -0.0940. The molecule has 1 atom stereocenters. The van der Waals surface area contributed by atoms with E-state index in [-0.39, 0.29) is 12.0 Å². The number of nitrogens with two attached hydrogens (primary N) is 1. The van der Waals surface area contributed by atoms with E-state index in [9.17, 15) is 0 Å². The Kier molecular flexibility index (Phi) is 3.22. The number of benzene rings is 1. The number of rotatable bonds is 3. The van der Waals surface area contributed by atoms with E-state index in [0.717, 1.165) is 17.2 Å². The smallest absolute Gasteiger partial charge is 0.169 e. The lowest BCUT2D eigenvalue weighted by Gasteiger charge is -2.26. The summed E-state index contributed by atoms with van der Waals surface area (Å²) in [7, 11) is 0. The van der Waals surface area contributed by atoms with Crippen LogP contribution in [0.5, 0.6) is 11.5 Å². The van der Waals surface area contributed by atoms with Crippen LogP contribution in [0, 0.1) is 0 Å². The van der Waals surface area contributed by atoms with Gasteiger partial charge < -0.3 is 15.2 Å². The van der Waals surface area contributed by atoms with Crippen molar-refractivity contribution < 1.29 is 9.47 Å². The van der Waals surface area contributed by atoms with Crippen LogP contribution >= 0.6 is 0 Å². The van der Waals surface area contributed by atoms with Gasteiger partial charge in [-0.15, -0.1) is 5.10 Å². The molecule has 3 rings (SSSR count). The fourth-order valence-corrected chi connectivity index (χ4v) is 2.41. The Labute approximate surface area is 117 Å². The van der Waals surface area contributed by atoms with Gasteiger partial charge in [-0.05, 0) is 18.1 Å². The van der Waals surface area contributed by atoms with Gasteiger partial charge in [0.05, 0.1) is 12.2 Å². The highest BCUT2D eigenvalue weighted by Crippen LogP contribution is 2.31. The minimum atomic E-state index is -0.0940. The van der Waals surface area contributed by atoms with Gasteiger partial charge in [-0.3, -0.25) is 0 Å². The number of para-hydroxylation sites is 2. The Morgan fingerprint density at radius 1 is 1.35 bits per heavy atom. The summed E-state index contributed by atoms with van der Waals surface area (Å²) < 4.78 is 13.4. The molecule has 0 saturated heterocycles. The van der Waals surface area contributed by atoms with E-state index >= 15 is 0 Å². The van der Waals surface area contributed by atoms with E-state index in [0.29, 0.717) is 19.0 Å². The monoisotopic (exact) mass is 274 g/mol. The molecule has 1 aromatic carbocycles. The minimum absolute atomic E-state index is 0.0940. The normalized spacial score (nSPS) is 17.4. The second-order valence-electron chi connectivity index (χ2n) is 5.19. The third kappa shape index (κ3) is 2.29. The van der Waals surface area contributed by atoms with Crippen molar-refractivity contribution in [3.05, 3.63) is 30.0 Å². The molecule has 1 unspecified atom stereocenters. The van der Waals surface area contributed by atoms with Gasteiger partial charge in [0, 0.05) is 0 Å². The second-order valence-corrected chi connectivity index (χ2v) is 5.19. The average Bonchev–Trinajstić information content (AvgIpc) is 2.79. The number of nitrogen functional groups attached to an aromatic ring is 1. The molecule has 6 nitrogen and oxygen atoms in total. The fraction of sp³-hybridized carbons (Fsp3) is 0.429. The molecule has 2 heterocycles. The molecular weight excluding hydrogens is 256 g/mol. The van der Waals surface area contributed by atoms with Crippen molar-refractivity contribution >= 4 is 5.82 Å². The highest BCUT2D eigenvalue weighted by atomic mass is 16.6. The van der Waals surface area contributed by atoms with E-state index in [1.54, 1.807) is 0 Å². The maximum absolute atomic E-state index is 5.93. The maximum Gasteiger partial charge on any atom is 0.169 e. The molecule has 0 amide bonds. The quantitative estimate of drug-likeness (QED) is 0.924. The molecule has 1 aliphatic rings. The van der Waals surface area contributed by atoms with Crippen LogP contribution in [-0.4, -0.2) is 27.7 Å². The van der Waals surface area contributed by atoms with Crippen molar-refractivity contribution in [1.82, 2.24) is 15.0 Å². The van der Waals surface area contributed by atoms with E-state index in [2.05, 4.69) is 24.2 Å². The molecule has 0 bridgehead atoms. The molecule has 106 valence electrons. The Hall–Kier alpha value is -2.24. The van der Waals surface area contributed by atoms with Crippen LogP contribution in [0.1, 0.15) is 25.5 Å². The van der Waals surface area contributed by atoms with Crippen molar-refractivity contribution in [2.24, 2.45) is 0 Å². The van der Waals surface area contributed by atoms with Crippen LogP contribution in [0.25, 0.3) is 0 Å². The predicted molar refractivity (Wildman–Crippen MR) is 74.9 cm³/mol. The lowest BCUT2D eigenvalue weighted by molar-refractivity contribution is 0.0746. The molecule has 6 heteroatoms. The van der Waals surface area contributed by atoms with Crippen molar-refractivity contribution in [2.45, 2.75) is 32.4 Å². The van der Waals surface area contributed by atoms with Crippen LogP contribution in [0.2, 0.25) is 0 Å². The summed E-state index contributed by atoms with van der Waals surface area (Å²) in [5.41, 5.74) is 6.79. The maximum atomic E-state index is 5.93. The van der Waals surface area contributed by atoms with Gasteiger partial charge in [-0.2, -0.15) is 0 Å². The number of hydrogen-bond acceptors (Lipinski definition) is 5. The number of anilines is 1. The largest absolute Gasteiger partial charge is 0.486 e. The summed E-state index contributed by atoms with van der Waals surface area (Å²) in [5, 5.41) is 8.04. The third-order valence-electron chi connectivity index (χ3n) is 3.29. The Balaban J connectivity index is 1.77. The SMILES string of the molecule is CC(C)c1c(N)nnn1CC1COc2ccccc2O1. The highest BCUT2D eigenvalue weighted by Gasteiger charge is 2.23. The summed E-state index contributed by atoms with van der Waals surface area (Å²) >= 11 is 0. The summed E-state index contributed by atoms with van der Waals surface area (Å²) in [5.74, 6) is 2.30. The van der Waals surface area contributed by atoms with Gasteiger partial charge in [0.15, 0.2) is 23.4 Å². The topological polar surface area (TPSA) is 75.2 Å². The lowest BCUT2D eigenvalue weighted by Crippen LogP contribution is -2.34. The molecule has 0 spiro atoms. The zero-order valence-corrected chi connectivity index (χ0v) is 11.6. The molecule has 1 aliphatic heterocycles.